The van der Waals surface area contributed by atoms with Crippen molar-refractivity contribution in [3.63, 3.8) is 0 Å². The smallest absolute Gasteiger partial charge is 0.206 e. The zero-order chi connectivity index (χ0) is 9.54. The molecular weight excluding hydrogens is 194 g/mol. The predicted molar refractivity (Wildman–Crippen MR) is 57.7 cm³/mol. The highest BCUT2D eigenvalue weighted by atomic mass is 32.1. The lowest BCUT2D eigenvalue weighted by molar-refractivity contribution is 1.01. The summed E-state index contributed by atoms with van der Waals surface area (Å²) in [6, 6.07) is 6.48. The minimum atomic E-state index is 0.966. The summed E-state index contributed by atoms with van der Waals surface area (Å²) in [6.45, 7) is 2.16. The van der Waals surface area contributed by atoms with Crippen LogP contribution < -0.4 is 0 Å². The van der Waals surface area contributed by atoms with Gasteiger partial charge < -0.3 is 0 Å². The highest BCUT2D eigenvalue weighted by Crippen LogP contribution is 2.25. The van der Waals surface area contributed by atoms with Crippen molar-refractivity contribution in [3.05, 3.63) is 30.1 Å². The number of hydrogen-bond acceptors (Lipinski definition) is 3. The summed E-state index contributed by atoms with van der Waals surface area (Å²) >= 11 is 1.69. The van der Waals surface area contributed by atoms with Gasteiger partial charge in [-0.05, 0) is 24.1 Å². The molecular formula is C10H9N3S. The van der Waals surface area contributed by atoms with Crippen molar-refractivity contribution < 1.29 is 0 Å². The van der Waals surface area contributed by atoms with Gasteiger partial charge in [-0.15, -0.1) is 0 Å². The summed E-state index contributed by atoms with van der Waals surface area (Å²) in [5, 5.41) is 4.18. The van der Waals surface area contributed by atoms with E-state index in [0.717, 1.165) is 16.9 Å². The first-order valence-corrected chi connectivity index (χ1v) is 5.41. The Morgan fingerprint density at radius 2 is 2.36 bits per heavy atom. The van der Waals surface area contributed by atoms with Gasteiger partial charge in [0.2, 0.25) is 4.96 Å². The zero-order valence-corrected chi connectivity index (χ0v) is 8.58. The molecule has 0 amide bonds. The third kappa shape index (κ3) is 0.974. The Labute approximate surface area is 85.0 Å². The SMILES string of the molecule is CCc1ccc2c(c1)sc1ncnn12. The number of rotatable bonds is 1. The van der Waals surface area contributed by atoms with Crippen LogP contribution in [0, 0.1) is 0 Å². The number of fused-ring (bicyclic) bond motifs is 3. The first kappa shape index (κ1) is 7.94. The van der Waals surface area contributed by atoms with Crippen LogP contribution in [-0.2, 0) is 6.42 Å². The molecule has 0 saturated heterocycles. The minimum Gasteiger partial charge on any atom is -0.206 e. The quantitative estimate of drug-likeness (QED) is 0.608. The summed E-state index contributed by atoms with van der Waals surface area (Å²) in [6.07, 6.45) is 2.67. The summed E-state index contributed by atoms with van der Waals surface area (Å²) in [7, 11) is 0. The van der Waals surface area contributed by atoms with Crippen LogP contribution in [0.2, 0.25) is 0 Å². The Kier molecular flexibility index (Phi) is 1.58. The van der Waals surface area contributed by atoms with Crippen molar-refractivity contribution in [2.75, 3.05) is 0 Å². The molecule has 0 saturated carbocycles. The van der Waals surface area contributed by atoms with E-state index in [4.69, 9.17) is 0 Å². The fourth-order valence-corrected chi connectivity index (χ4v) is 2.60. The molecule has 4 heteroatoms. The average molecular weight is 203 g/mol. The van der Waals surface area contributed by atoms with Crippen LogP contribution in [0.4, 0.5) is 0 Å². The molecule has 3 nitrogen and oxygen atoms in total. The van der Waals surface area contributed by atoms with Crippen molar-refractivity contribution in [1.29, 1.82) is 0 Å². The van der Waals surface area contributed by atoms with Crippen molar-refractivity contribution >= 4 is 26.5 Å². The topological polar surface area (TPSA) is 30.2 Å². The Morgan fingerprint density at radius 1 is 1.43 bits per heavy atom. The van der Waals surface area contributed by atoms with E-state index in [9.17, 15) is 0 Å². The second kappa shape index (κ2) is 2.78. The molecule has 2 heterocycles. The molecule has 0 fully saturated rings. The fourth-order valence-electron chi connectivity index (χ4n) is 1.60. The monoisotopic (exact) mass is 203 g/mol. The normalized spacial score (nSPS) is 11.5. The molecule has 0 bridgehead atoms. The number of aryl methyl sites for hydroxylation is 1. The van der Waals surface area contributed by atoms with E-state index in [0.29, 0.717) is 0 Å². The second-order valence-corrected chi connectivity index (χ2v) is 4.22. The maximum Gasteiger partial charge on any atom is 0.213 e. The van der Waals surface area contributed by atoms with E-state index in [1.807, 2.05) is 4.52 Å². The molecule has 3 rings (SSSR count). The third-order valence-corrected chi connectivity index (χ3v) is 3.39. The maximum atomic E-state index is 4.18. The van der Waals surface area contributed by atoms with Crippen molar-refractivity contribution in [2.24, 2.45) is 0 Å². The highest BCUT2D eigenvalue weighted by molar-refractivity contribution is 7.23. The number of aromatic nitrogens is 3. The van der Waals surface area contributed by atoms with Crippen molar-refractivity contribution in [2.45, 2.75) is 13.3 Å². The Morgan fingerprint density at radius 3 is 3.21 bits per heavy atom. The van der Waals surface area contributed by atoms with Gasteiger partial charge in [0, 0.05) is 0 Å². The molecule has 0 radical (unpaired) electrons. The first-order chi connectivity index (χ1) is 6.88. The molecule has 0 atom stereocenters. The number of benzene rings is 1. The van der Waals surface area contributed by atoms with Gasteiger partial charge in [0.15, 0.2) is 0 Å². The van der Waals surface area contributed by atoms with E-state index in [-0.39, 0.29) is 0 Å². The van der Waals surface area contributed by atoms with Gasteiger partial charge in [0.1, 0.15) is 6.33 Å². The standard InChI is InChI=1S/C10H9N3S/c1-2-7-3-4-8-9(5-7)14-10-11-6-12-13(8)10/h3-6H,2H2,1H3. The van der Waals surface area contributed by atoms with Crippen LogP contribution in [0.1, 0.15) is 12.5 Å². The molecule has 1 aromatic carbocycles. The molecule has 0 aliphatic rings. The molecule has 0 aliphatic heterocycles. The Bertz CT molecular complexity index is 593. The van der Waals surface area contributed by atoms with Crippen LogP contribution in [0.25, 0.3) is 15.2 Å². The van der Waals surface area contributed by atoms with Crippen LogP contribution >= 0.6 is 11.3 Å². The van der Waals surface area contributed by atoms with Gasteiger partial charge in [0.05, 0.1) is 10.2 Å². The average Bonchev–Trinajstić information content (AvgIpc) is 2.75. The zero-order valence-electron chi connectivity index (χ0n) is 7.77. The molecule has 0 spiro atoms. The molecule has 14 heavy (non-hydrogen) atoms. The van der Waals surface area contributed by atoms with Gasteiger partial charge in [-0.3, -0.25) is 0 Å². The van der Waals surface area contributed by atoms with Crippen molar-refractivity contribution in [3.8, 4) is 0 Å². The van der Waals surface area contributed by atoms with E-state index >= 15 is 0 Å². The first-order valence-electron chi connectivity index (χ1n) is 4.59. The summed E-state index contributed by atoms with van der Waals surface area (Å²) in [5.41, 5.74) is 2.52. The summed E-state index contributed by atoms with van der Waals surface area (Å²) in [5.74, 6) is 0. The number of hydrogen-bond donors (Lipinski definition) is 0. The number of nitrogens with zero attached hydrogens (tertiary/aromatic N) is 3. The van der Waals surface area contributed by atoms with E-state index in [1.165, 1.54) is 10.3 Å². The second-order valence-electron chi connectivity index (χ2n) is 3.21. The lowest BCUT2D eigenvalue weighted by atomic mass is 10.2. The van der Waals surface area contributed by atoms with Crippen molar-refractivity contribution in [1.82, 2.24) is 14.6 Å². The molecule has 0 unspecified atom stereocenters. The Balaban J connectivity index is 2.43. The van der Waals surface area contributed by atoms with E-state index in [2.05, 4.69) is 35.2 Å². The predicted octanol–water partition coefficient (Wildman–Crippen LogP) is 2.51. The van der Waals surface area contributed by atoms with Crippen LogP contribution in [0.15, 0.2) is 24.5 Å². The Hall–Kier alpha value is -1.42. The van der Waals surface area contributed by atoms with Gasteiger partial charge in [0.25, 0.3) is 0 Å². The maximum absolute atomic E-state index is 4.18. The fraction of sp³-hybridized carbons (Fsp3) is 0.200. The number of thiazole rings is 1. The van der Waals surface area contributed by atoms with Crippen LogP contribution in [0.5, 0.6) is 0 Å². The van der Waals surface area contributed by atoms with Crippen LogP contribution in [-0.4, -0.2) is 14.6 Å². The molecule has 70 valence electrons. The molecule has 2 aromatic heterocycles. The molecule has 0 N–H and O–H groups in total. The van der Waals surface area contributed by atoms with Gasteiger partial charge >= 0.3 is 0 Å². The van der Waals surface area contributed by atoms with E-state index in [1.54, 1.807) is 17.7 Å². The molecule has 3 aromatic rings. The highest BCUT2D eigenvalue weighted by Gasteiger charge is 2.05. The van der Waals surface area contributed by atoms with E-state index < -0.39 is 0 Å². The lowest BCUT2D eigenvalue weighted by Gasteiger charge is -1.94. The lowest BCUT2D eigenvalue weighted by Crippen LogP contribution is -1.83. The minimum absolute atomic E-state index is 0.966. The van der Waals surface area contributed by atoms with Gasteiger partial charge in [-0.25, -0.2) is 9.50 Å². The summed E-state index contributed by atoms with van der Waals surface area (Å²) in [4.78, 5) is 5.15. The largest absolute Gasteiger partial charge is 0.213 e. The third-order valence-electron chi connectivity index (χ3n) is 2.38. The van der Waals surface area contributed by atoms with Crippen LogP contribution in [0.3, 0.4) is 0 Å². The molecule has 0 aliphatic carbocycles. The summed E-state index contributed by atoms with van der Waals surface area (Å²) < 4.78 is 3.15. The van der Waals surface area contributed by atoms with Gasteiger partial charge in [-0.1, -0.05) is 24.3 Å². The van der Waals surface area contributed by atoms with Gasteiger partial charge in [-0.2, -0.15) is 5.10 Å².